The van der Waals surface area contributed by atoms with E-state index in [1.807, 2.05) is 0 Å². The van der Waals surface area contributed by atoms with E-state index in [1.54, 1.807) is 0 Å². The van der Waals surface area contributed by atoms with E-state index in [1.165, 1.54) is 50.3 Å². The molecule has 0 N–H and O–H groups in total. The summed E-state index contributed by atoms with van der Waals surface area (Å²) in [7, 11) is -4.94. The van der Waals surface area contributed by atoms with Gasteiger partial charge in [0.15, 0.2) is 6.54 Å². The van der Waals surface area contributed by atoms with E-state index < -0.39 is 10.2 Å². The number of benzene rings is 5. The van der Waals surface area contributed by atoms with Crippen molar-refractivity contribution < 1.29 is 33.4 Å². The Labute approximate surface area is 254 Å². The van der Waals surface area contributed by atoms with Gasteiger partial charge in [0, 0.05) is 34.7 Å². The minimum Gasteiger partial charge on any atom is -0.222 e. The van der Waals surface area contributed by atoms with Crippen LogP contribution in [-0.4, -0.2) is 0 Å². The third kappa shape index (κ3) is 8.23. The molecule has 0 saturated carbocycles. The summed E-state index contributed by atoms with van der Waals surface area (Å²) in [6.07, 6.45) is 0.846. The molecule has 6 rings (SSSR count). The van der Waals surface area contributed by atoms with E-state index in [2.05, 4.69) is 162 Å². The third-order valence-corrected chi connectivity index (χ3v) is 7.06. The van der Waals surface area contributed by atoms with E-state index in [-0.39, 0.29) is 0 Å². The summed E-state index contributed by atoms with van der Waals surface area (Å²) in [5.41, 5.74) is 11.3. The van der Waals surface area contributed by atoms with Gasteiger partial charge in [0.1, 0.15) is 0 Å². The van der Waals surface area contributed by atoms with Crippen molar-refractivity contribution in [1.82, 2.24) is 0 Å². The number of rotatable bonds is 7. The molecule has 0 aliphatic rings. The molecule has 0 fully saturated rings. The Morgan fingerprint density at radius 3 is 1.35 bits per heavy atom. The highest BCUT2D eigenvalue weighted by atomic mass is 35.7. The summed E-state index contributed by atoms with van der Waals surface area (Å²) in [6.45, 7) is 0.784. The molecule has 0 radical (unpaired) electrons. The van der Waals surface area contributed by atoms with Gasteiger partial charge in [-0.15, -0.1) is 10.2 Å². The summed E-state index contributed by atoms with van der Waals surface area (Å²) < 4.78 is 36.5. The van der Waals surface area contributed by atoms with Crippen LogP contribution in [0.25, 0.3) is 33.6 Å². The molecule has 5 aromatic carbocycles. The molecule has 0 bridgehead atoms. The Morgan fingerprint density at radius 1 is 0.465 bits per heavy atom. The van der Waals surface area contributed by atoms with E-state index in [4.69, 9.17) is 18.6 Å². The largest absolute Gasteiger partial charge is 0.222 e. The summed E-state index contributed by atoms with van der Waals surface area (Å²) in [4.78, 5) is 0. The summed E-state index contributed by atoms with van der Waals surface area (Å²) in [6, 6.07) is 56.5. The van der Waals surface area contributed by atoms with Gasteiger partial charge in [-0.05, 0) is 41.0 Å². The smallest absolute Gasteiger partial charge is 0.217 e. The Kier molecular flexibility index (Phi) is 9.74. The fourth-order valence-corrected chi connectivity index (χ4v) is 5.27. The van der Waals surface area contributed by atoms with Crippen LogP contribution in [0.15, 0.2) is 158 Å². The summed E-state index contributed by atoms with van der Waals surface area (Å²) >= 11 is 0. The lowest BCUT2D eigenvalue weighted by Gasteiger charge is -2.19. The Bertz CT molecular complexity index is 1620. The number of halogens is 1. The molecule has 214 valence electrons. The van der Waals surface area contributed by atoms with Crippen LogP contribution in [0.1, 0.15) is 16.7 Å². The maximum Gasteiger partial charge on any atom is 0.217 e. The lowest BCUT2D eigenvalue weighted by atomic mass is 9.89. The standard InChI is InChI=1S/C37H30N.ClHO4/c1-6-16-29(17-7-1)26-35-34(31-20-10-3-11-21-31)27-36(32-22-12-4-13-23-32)38(28-30-18-8-2-9-19-30)37(35)33-24-14-5-15-25-33;2-1(3,4)5/h1-25,27H,26,28H2;(H,2,3,4,5)/q+1;/p-1. The van der Waals surface area contributed by atoms with Crippen molar-refractivity contribution in [2.45, 2.75) is 13.0 Å². The van der Waals surface area contributed by atoms with Crippen molar-refractivity contribution in [3.8, 4) is 33.6 Å². The molecule has 1 aromatic heterocycles. The zero-order valence-electron chi connectivity index (χ0n) is 23.4. The van der Waals surface area contributed by atoms with Crippen molar-refractivity contribution in [2.24, 2.45) is 0 Å². The molecular weight excluding hydrogens is 558 g/mol. The SMILES string of the molecule is [O-][Cl+3]([O-])([O-])[O-].c1ccc(Cc2c(-c3ccccc3)cc(-c3ccccc3)[n+](Cc3ccccc3)c2-c2ccccc2)cc1. The zero-order chi connectivity index (χ0) is 30.1. The first kappa shape index (κ1) is 29.9. The van der Waals surface area contributed by atoms with Crippen molar-refractivity contribution in [3.05, 3.63) is 174 Å². The van der Waals surface area contributed by atoms with Gasteiger partial charge in [-0.1, -0.05) is 127 Å². The van der Waals surface area contributed by atoms with E-state index in [9.17, 15) is 0 Å². The molecule has 0 spiro atoms. The number of hydrogen-bond donors (Lipinski definition) is 0. The Hall–Kier alpha value is -4.62. The van der Waals surface area contributed by atoms with Gasteiger partial charge in [0.25, 0.3) is 0 Å². The maximum atomic E-state index is 8.49. The first-order valence-electron chi connectivity index (χ1n) is 13.8. The molecule has 6 heteroatoms. The average molecular weight is 588 g/mol. The minimum absolute atomic E-state index is 0.784. The second-order valence-electron chi connectivity index (χ2n) is 9.98. The van der Waals surface area contributed by atoms with Gasteiger partial charge in [-0.25, -0.2) is 18.6 Å². The highest BCUT2D eigenvalue weighted by Crippen LogP contribution is 2.35. The van der Waals surface area contributed by atoms with Crippen LogP contribution >= 0.6 is 0 Å². The van der Waals surface area contributed by atoms with Gasteiger partial charge >= 0.3 is 0 Å². The lowest BCUT2D eigenvalue weighted by Crippen LogP contribution is -2.68. The van der Waals surface area contributed by atoms with Crippen LogP contribution in [0.3, 0.4) is 0 Å². The molecule has 0 saturated heterocycles. The molecule has 5 nitrogen and oxygen atoms in total. The minimum atomic E-state index is -4.94. The normalized spacial score (nSPS) is 11.0. The van der Waals surface area contributed by atoms with Gasteiger partial charge < -0.3 is 0 Å². The highest BCUT2D eigenvalue weighted by molar-refractivity contribution is 5.78. The maximum absolute atomic E-state index is 8.49. The quantitative estimate of drug-likeness (QED) is 0.265. The first-order chi connectivity index (χ1) is 20.9. The van der Waals surface area contributed by atoms with Crippen molar-refractivity contribution in [3.63, 3.8) is 0 Å². The van der Waals surface area contributed by atoms with E-state index in [0.717, 1.165) is 13.0 Å². The lowest BCUT2D eigenvalue weighted by molar-refractivity contribution is -2.00. The van der Waals surface area contributed by atoms with Gasteiger partial charge in [-0.2, -0.15) is 4.57 Å². The second-order valence-corrected chi connectivity index (χ2v) is 10.7. The highest BCUT2D eigenvalue weighted by Gasteiger charge is 2.28. The molecule has 0 atom stereocenters. The van der Waals surface area contributed by atoms with Crippen LogP contribution in [0.4, 0.5) is 0 Å². The Morgan fingerprint density at radius 2 is 0.860 bits per heavy atom. The molecular formula is C37H30ClNO4. The zero-order valence-corrected chi connectivity index (χ0v) is 24.1. The third-order valence-electron chi connectivity index (χ3n) is 7.06. The monoisotopic (exact) mass is 587 g/mol. The average Bonchev–Trinajstić information content (AvgIpc) is 3.03. The molecule has 43 heavy (non-hydrogen) atoms. The number of pyridine rings is 1. The van der Waals surface area contributed by atoms with Gasteiger partial charge in [0.05, 0.1) is 0 Å². The predicted octanol–water partition coefficient (Wildman–Crippen LogP) is 3.86. The van der Waals surface area contributed by atoms with Crippen LogP contribution in [0.5, 0.6) is 0 Å². The molecule has 6 aromatic rings. The molecule has 0 aliphatic heterocycles. The molecule has 0 aliphatic carbocycles. The number of nitrogens with zero attached hydrogens (tertiary/aromatic N) is 1. The van der Waals surface area contributed by atoms with Crippen molar-refractivity contribution in [1.29, 1.82) is 0 Å². The summed E-state index contributed by atoms with van der Waals surface area (Å²) in [5.74, 6) is 0. The molecule has 0 amide bonds. The summed E-state index contributed by atoms with van der Waals surface area (Å²) in [5, 5.41) is 0. The van der Waals surface area contributed by atoms with Crippen LogP contribution in [0, 0.1) is 10.2 Å². The van der Waals surface area contributed by atoms with Gasteiger partial charge in [-0.3, -0.25) is 0 Å². The van der Waals surface area contributed by atoms with E-state index >= 15 is 0 Å². The van der Waals surface area contributed by atoms with Gasteiger partial charge in [0.2, 0.25) is 11.4 Å². The fraction of sp³-hybridized carbons (Fsp3) is 0.0541. The number of hydrogen-bond acceptors (Lipinski definition) is 4. The predicted molar refractivity (Wildman–Crippen MR) is 158 cm³/mol. The topological polar surface area (TPSA) is 96.1 Å². The number of aromatic nitrogens is 1. The molecule has 0 unspecified atom stereocenters. The van der Waals surface area contributed by atoms with Crippen LogP contribution < -0.4 is 23.2 Å². The van der Waals surface area contributed by atoms with Crippen LogP contribution in [-0.2, 0) is 13.0 Å². The van der Waals surface area contributed by atoms with E-state index in [0.29, 0.717) is 0 Å². The van der Waals surface area contributed by atoms with Crippen molar-refractivity contribution in [2.75, 3.05) is 0 Å². The van der Waals surface area contributed by atoms with Crippen LogP contribution in [0.2, 0.25) is 0 Å². The van der Waals surface area contributed by atoms with Crippen molar-refractivity contribution >= 4 is 0 Å². The fourth-order valence-electron chi connectivity index (χ4n) is 5.27. The molecule has 1 heterocycles. The second kappa shape index (κ2) is 14.0. The first-order valence-corrected chi connectivity index (χ1v) is 15.1. The Balaban J connectivity index is 0.000000682.